The first-order valence-electron chi connectivity index (χ1n) is 13.7. The molecule has 244 valence electrons. The lowest BCUT2D eigenvalue weighted by Crippen LogP contribution is -2.61. The zero-order chi connectivity index (χ0) is 32.5. The molecule has 17 heteroatoms. The molecule has 0 spiro atoms. The Morgan fingerprint density at radius 1 is 0.711 bits per heavy atom. The SMILES string of the molecule is COc1c(O)cc2c(=O)oc3c(OC)c(OC4OC(COC5OC(C)C(O)C(O)C5O)C(O)C(O)C4O)cc4c(=O)oc1c2c34. The van der Waals surface area contributed by atoms with Crippen LogP contribution in [0.4, 0.5) is 0 Å². The van der Waals surface area contributed by atoms with Gasteiger partial charge in [-0.1, -0.05) is 0 Å². The van der Waals surface area contributed by atoms with Crippen LogP contribution in [0.5, 0.6) is 23.0 Å². The fraction of sp³-hybridized carbons (Fsp3) is 0.500. The molecule has 6 rings (SSSR count). The highest BCUT2D eigenvalue weighted by Gasteiger charge is 2.47. The van der Waals surface area contributed by atoms with Crippen LogP contribution < -0.4 is 25.5 Å². The zero-order valence-corrected chi connectivity index (χ0v) is 23.8. The average Bonchev–Trinajstić information content (AvgIpc) is 3.01. The van der Waals surface area contributed by atoms with Crippen LogP contribution in [0, 0.1) is 0 Å². The van der Waals surface area contributed by atoms with E-state index >= 15 is 0 Å². The largest absolute Gasteiger partial charge is 0.504 e. The van der Waals surface area contributed by atoms with Crippen molar-refractivity contribution in [3.8, 4) is 23.0 Å². The van der Waals surface area contributed by atoms with Crippen molar-refractivity contribution < 1.29 is 73.0 Å². The number of benzene rings is 2. The molecule has 2 aliphatic heterocycles. The van der Waals surface area contributed by atoms with Crippen molar-refractivity contribution in [2.75, 3.05) is 20.8 Å². The van der Waals surface area contributed by atoms with E-state index in [9.17, 15) is 45.3 Å². The van der Waals surface area contributed by atoms with E-state index in [1.54, 1.807) is 0 Å². The second-order valence-electron chi connectivity index (χ2n) is 10.8. The third kappa shape index (κ3) is 4.93. The Kier molecular flexibility index (Phi) is 8.00. The van der Waals surface area contributed by atoms with Gasteiger partial charge >= 0.3 is 11.3 Å². The molecule has 17 nitrogen and oxygen atoms in total. The molecule has 0 bridgehead atoms. The number of aliphatic hydroxyl groups is 6. The molecule has 2 fully saturated rings. The molecule has 0 saturated carbocycles. The highest BCUT2D eigenvalue weighted by molar-refractivity contribution is 6.22. The van der Waals surface area contributed by atoms with E-state index in [0.717, 1.165) is 6.07 Å². The van der Waals surface area contributed by atoms with Crippen LogP contribution in [0.25, 0.3) is 32.7 Å². The van der Waals surface area contributed by atoms with Gasteiger partial charge in [0.15, 0.2) is 29.0 Å². The molecule has 4 heterocycles. The number of ether oxygens (including phenoxy) is 6. The number of phenols is 1. The maximum Gasteiger partial charge on any atom is 0.344 e. The maximum atomic E-state index is 13.1. The topological polar surface area (TPSA) is 257 Å². The Morgan fingerprint density at radius 2 is 1.27 bits per heavy atom. The van der Waals surface area contributed by atoms with Crippen molar-refractivity contribution in [1.82, 2.24) is 0 Å². The van der Waals surface area contributed by atoms with Crippen molar-refractivity contribution in [1.29, 1.82) is 0 Å². The lowest BCUT2D eigenvalue weighted by atomic mass is 9.98. The molecule has 0 aliphatic carbocycles. The summed E-state index contributed by atoms with van der Waals surface area (Å²) in [7, 11) is 2.45. The first-order valence-corrected chi connectivity index (χ1v) is 13.7. The summed E-state index contributed by atoms with van der Waals surface area (Å²) in [6, 6.07) is 2.27. The number of aliphatic hydroxyl groups excluding tert-OH is 6. The molecule has 2 aromatic carbocycles. The summed E-state index contributed by atoms with van der Waals surface area (Å²) in [5.74, 6) is -1.17. The van der Waals surface area contributed by atoms with E-state index in [1.807, 2.05) is 0 Å². The monoisotopic (exact) mass is 638 g/mol. The lowest BCUT2D eigenvalue weighted by Gasteiger charge is -2.42. The molecule has 0 radical (unpaired) electrons. The number of hydrogen-bond acceptors (Lipinski definition) is 17. The van der Waals surface area contributed by atoms with E-state index in [2.05, 4.69) is 0 Å². The molecule has 4 aromatic rings. The maximum absolute atomic E-state index is 13.1. The summed E-state index contributed by atoms with van der Waals surface area (Å²) in [5, 5.41) is 72.3. The van der Waals surface area contributed by atoms with Gasteiger partial charge in [0.25, 0.3) is 0 Å². The fourth-order valence-electron chi connectivity index (χ4n) is 5.65. The Balaban J connectivity index is 1.36. The minimum Gasteiger partial charge on any atom is -0.504 e. The molecule has 2 aliphatic rings. The van der Waals surface area contributed by atoms with Gasteiger partial charge in [-0.15, -0.1) is 0 Å². The molecular formula is C28H30O17. The zero-order valence-electron chi connectivity index (χ0n) is 23.8. The minimum atomic E-state index is -1.86. The molecule has 2 aromatic heterocycles. The first kappa shape index (κ1) is 31.2. The number of methoxy groups -OCH3 is 2. The summed E-state index contributed by atoms with van der Waals surface area (Å²) in [6.07, 6.45) is -15.6. The molecule has 7 N–H and O–H groups in total. The van der Waals surface area contributed by atoms with E-state index < -0.39 is 85.0 Å². The van der Waals surface area contributed by atoms with Crippen molar-refractivity contribution in [3.05, 3.63) is 33.0 Å². The summed E-state index contributed by atoms with van der Waals surface area (Å²) >= 11 is 0. The summed E-state index contributed by atoms with van der Waals surface area (Å²) in [6.45, 7) is 0.894. The molecule has 0 amide bonds. The van der Waals surface area contributed by atoms with E-state index in [1.165, 1.54) is 27.2 Å². The molecule has 45 heavy (non-hydrogen) atoms. The van der Waals surface area contributed by atoms with Crippen LogP contribution in [0.3, 0.4) is 0 Å². The van der Waals surface area contributed by atoms with Gasteiger partial charge in [0.2, 0.25) is 17.8 Å². The summed E-state index contributed by atoms with van der Waals surface area (Å²) < 4.78 is 43.9. The van der Waals surface area contributed by atoms with Crippen molar-refractivity contribution in [3.63, 3.8) is 0 Å². The van der Waals surface area contributed by atoms with Crippen molar-refractivity contribution in [2.24, 2.45) is 0 Å². The predicted molar refractivity (Wildman–Crippen MR) is 148 cm³/mol. The average molecular weight is 639 g/mol. The van der Waals surface area contributed by atoms with Gasteiger partial charge in [-0.2, -0.15) is 0 Å². The van der Waals surface area contributed by atoms with Crippen LogP contribution in [0.1, 0.15) is 6.92 Å². The van der Waals surface area contributed by atoms with Gasteiger partial charge in [-0.3, -0.25) is 0 Å². The Hall–Kier alpha value is -3.78. The third-order valence-electron chi connectivity index (χ3n) is 8.05. The van der Waals surface area contributed by atoms with Crippen LogP contribution in [-0.4, -0.2) is 118 Å². The first-order chi connectivity index (χ1) is 21.4. The lowest BCUT2D eigenvalue weighted by molar-refractivity contribution is -0.318. The van der Waals surface area contributed by atoms with Crippen LogP contribution in [0.15, 0.2) is 30.6 Å². The number of phenolic OH excluding ortho intramolecular Hbond substituents is 1. The second kappa shape index (κ2) is 11.5. The number of aromatic hydroxyl groups is 1. The van der Waals surface area contributed by atoms with Gasteiger partial charge in [0, 0.05) is 10.8 Å². The molecule has 10 unspecified atom stereocenters. The highest BCUT2D eigenvalue weighted by atomic mass is 16.7. The molecular weight excluding hydrogens is 608 g/mol. The van der Waals surface area contributed by atoms with Crippen molar-refractivity contribution in [2.45, 2.75) is 68.3 Å². The minimum absolute atomic E-state index is 0.0813. The van der Waals surface area contributed by atoms with E-state index in [-0.39, 0.29) is 50.0 Å². The Bertz CT molecular complexity index is 1830. The predicted octanol–water partition coefficient (Wildman–Crippen LogP) is -1.76. The quantitative estimate of drug-likeness (QED) is 0.0874. The van der Waals surface area contributed by atoms with Crippen LogP contribution in [-0.2, 0) is 14.2 Å². The molecule has 2 saturated heterocycles. The number of hydrogen-bond donors (Lipinski definition) is 7. The smallest absolute Gasteiger partial charge is 0.344 e. The number of rotatable bonds is 7. The van der Waals surface area contributed by atoms with Crippen LogP contribution >= 0.6 is 0 Å². The van der Waals surface area contributed by atoms with Crippen molar-refractivity contribution >= 4 is 32.7 Å². The second-order valence-corrected chi connectivity index (χ2v) is 10.8. The van der Waals surface area contributed by atoms with Gasteiger partial charge in [0.05, 0.1) is 37.7 Å². The third-order valence-corrected chi connectivity index (χ3v) is 8.05. The Labute approximate surface area is 251 Å². The Morgan fingerprint density at radius 3 is 1.89 bits per heavy atom. The normalized spacial score (nSPS) is 32.4. The summed E-state index contributed by atoms with van der Waals surface area (Å²) in [5.41, 5.74) is -2.34. The van der Waals surface area contributed by atoms with Gasteiger partial charge < -0.3 is 73.0 Å². The molecule has 10 atom stereocenters. The van der Waals surface area contributed by atoms with Gasteiger partial charge in [0.1, 0.15) is 42.7 Å². The van der Waals surface area contributed by atoms with Gasteiger partial charge in [-0.05, 0) is 19.1 Å². The fourth-order valence-corrected chi connectivity index (χ4v) is 5.65. The highest BCUT2D eigenvalue weighted by Crippen LogP contribution is 2.46. The standard InChI is InChI=1S/C28H30O17/c1-7-15(30)17(32)19(34)27(41-7)40-6-12-16(31)18(33)20(35)28(43-12)42-11-5-9-14-13-8(25(36)45-24(14)22(11)39-3)4-10(29)21(38-2)23(13)44-26(9)37/h4-5,7,12,15-20,27-35H,6H2,1-3H3. The summed E-state index contributed by atoms with van der Waals surface area (Å²) in [4.78, 5) is 26.1. The van der Waals surface area contributed by atoms with E-state index in [4.69, 9.17) is 37.3 Å². The van der Waals surface area contributed by atoms with Crippen LogP contribution in [0.2, 0.25) is 0 Å². The van der Waals surface area contributed by atoms with Gasteiger partial charge in [-0.25, -0.2) is 9.59 Å². The van der Waals surface area contributed by atoms with E-state index in [0.29, 0.717) is 0 Å².